The van der Waals surface area contributed by atoms with Crippen molar-refractivity contribution in [3.05, 3.63) is 28.3 Å². The van der Waals surface area contributed by atoms with Gasteiger partial charge in [-0.25, -0.2) is 0 Å². The lowest BCUT2D eigenvalue weighted by atomic mass is 9.66. The van der Waals surface area contributed by atoms with Crippen molar-refractivity contribution in [3.8, 4) is 0 Å². The van der Waals surface area contributed by atoms with E-state index in [2.05, 4.69) is 13.8 Å². The molecule has 0 bridgehead atoms. The fraction of sp³-hybridized carbons (Fsp3) is 0.500. The van der Waals surface area contributed by atoms with Crippen molar-refractivity contribution < 1.29 is 13.0 Å². The molecule has 3 rings (SSSR count). The van der Waals surface area contributed by atoms with Gasteiger partial charge in [0.2, 0.25) is 0 Å². The number of benzene rings is 1. The van der Waals surface area contributed by atoms with Crippen molar-refractivity contribution in [1.29, 1.82) is 0 Å². The standard InChI is InChI=1S/C12H14O3S/c1-6-3-9-8(6)5-11(16(13,14)15)10-4-7(2)12(9)10/h5-7H,3-4H2,1-2H3,(H,13,14,15). The highest BCUT2D eigenvalue weighted by atomic mass is 32.2. The molecule has 0 radical (unpaired) electrons. The molecule has 2 atom stereocenters. The predicted molar refractivity (Wildman–Crippen MR) is 60.5 cm³/mol. The molecular weight excluding hydrogens is 224 g/mol. The highest BCUT2D eigenvalue weighted by Gasteiger charge is 2.38. The summed E-state index contributed by atoms with van der Waals surface area (Å²) in [5.74, 6) is 0.867. The van der Waals surface area contributed by atoms with E-state index >= 15 is 0 Å². The van der Waals surface area contributed by atoms with Crippen molar-refractivity contribution in [1.82, 2.24) is 0 Å². The minimum absolute atomic E-state index is 0.144. The van der Waals surface area contributed by atoms with Gasteiger partial charge < -0.3 is 0 Å². The van der Waals surface area contributed by atoms with E-state index in [1.54, 1.807) is 6.07 Å². The summed E-state index contributed by atoms with van der Waals surface area (Å²) in [5.41, 5.74) is 4.47. The zero-order valence-corrected chi connectivity index (χ0v) is 10.1. The molecule has 0 heterocycles. The number of fused-ring (bicyclic) bond motifs is 3. The maximum Gasteiger partial charge on any atom is 0.294 e. The van der Waals surface area contributed by atoms with Gasteiger partial charge in [-0.2, -0.15) is 8.42 Å². The van der Waals surface area contributed by atoms with E-state index in [0.29, 0.717) is 11.8 Å². The first-order chi connectivity index (χ1) is 7.39. The molecular formula is C12H14O3S. The zero-order valence-electron chi connectivity index (χ0n) is 9.32. The van der Waals surface area contributed by atoms with Gasteiger partial charge in [0.1, 0.15) is 0 Å². The Morgan fingerprint density at radius 1 is 1.19 bits per heavy atom. The molecule has 3 nitrogen and oxygen atoms in total. The van der Waals surface area contributed by atoms with E-state index in [-0.39, 0.29) is 4.90 Å². The van der Waals surface area contributed by atoms with Crippen molar-refractivity contribution in [3.63, 3.8) is 0 Å². The molecule has 0 aliphatic heterocycles. The Hall–Kier alpha value is -0.870. The monoisotopic (exact) mass is 238 g/mol. The maximum absolute atomic E-state index is 11.3. The summed E-state index contributed by atoms with van der Waals surface area (Å²) in [6, 6.07) is 1.67. The van der Waals surface area contributed by atoms with Crippen LogP contribution in [0.4, 0.5) is 0 Å². The van der Waals surface area contributed by atoms with Gasteiger partial charge in [-0.05, 0) is 53.0 Å². The Kier molecular flexibility index (Phi) is 1.85. The smallest absolute Gasteiger partial charge is 0.282 e. The van der Waals surface area contributed by atoms with E-state index in [9.17, 15) is 13.0 Å². The Morgan fingerprint density at radius 3 is 2.31 bits per heavy atom. The zero-order chi connectivity index (χ0) is 11.7. The molecule has 0 spiro atoms. The van der Waals surface area contributed by atoms with E-state index in [0.717, 1.165) is 24.0 Å². The second-order valence-corrected chi connectivity index (χ2v) is 6.41. The van der Waals surface area contributed by atoms with Crippen LogP contribution in [-0.2, 0) is 23.0 Å². The summed E-state index contributed by atoms with van der Waals surface area (Å²) in [6.07, 6.45) is 1.82. The van der Waals surface area contributed by atoms with Crippen molar-refractivity contribution in [2.24, 2.45) is 0 Å². The highest BCUT2D eigenvalue weighted by molar-refractivity contribution is 7.85. The van der Waals surface area contributed by atoms with Crippen LogP contribution in [0.15, 0.2) is 11.0 Å². The molecule has 1 aromatic rings. The Morgan fingerprint density at radius 2 is 1.81 bits per heavy atom. The normalized spacial score (nSPS) is 26.4. The summed E-state index contributed by atoms with van der Waals surface area (Å²) >= 11 is 0. The SMILES string of the molecule is CC1Cc2c1cc(S(=O)(=O)O)c1c2C(C)C1. The number of hydrogen-bond acceptors (Lipinski definition) is 2. The van der Waals surface area contributed by atoms with Gasteiger partial charge >= 0.3 is 0 Å². The molecule has 2 aliphatic rings. The van der Waals surface area contributed by atoms with Crippen LogP contribution in [0.3, 0.4) is 0 Å². The van der Waals surface area contributed by atoms with Gasteiger partial charge in [-0.3, -0.25) is 4.55 Å². The van der Waals surface area contributed by atoms with Crippen LogP contribution in [0.1, 0.15) is 47.9 Å². The fourth-order valence-electron chi connectivity index (χ4n) is 3.05. The van der Waals surface area contributed by atoms with Gasteiger partial charge in [0.05, 0.1) is 4.90 Å². The van der Waals surface area contributed by atoms with Gasteiger partial charge in [0.15, 0.2) is 0 Å². The summed E-state index contributed by atoms with van der Waals surface area (Å²) in [6.45, 7) is 4.20. The van der Waals surface area contributed by atoms with Crippen LogP contribution in [0.2, 0.25) is 0 Å². The van der Waals surface area contributed by atoms with Crippen molar-refractivity contribution in [2.45, 2.75) is 43.4 Å². The molecule has 4 heteroatoms. The predicted octanol–water partition coefficient (Wildman–Crippen LogP) is 2.25. The Balaban J connectivity index is 2.30. The van der Waals surface area contributed by atoms with E-state index in [1.165, 1.54) is 11.1 Å². The lowest BCUT2D eigenvalue weighted by Crippen LogP contribution is -2.28. The van der Waals surface area contributed by atoms with Crippen LogP contribution >= 0.6 is 0 Å². The number of hydrogen-bond donors (Lipinski definition) is 1. The Bertz CT molecular complexity index is 587. The summed E-state index contributed by atoms with van der Waals surface area (Å²) in [5, 5.41) is 0. The molecule has 0 aromatic heterocycles. The third-order valence-electron chi connectivity index (χ3n) is 3.90. The lowest BCUT2D eigenvalue weighted by molar-refractivity contribution is 0.476. The van der Waals surface area contributed by atoms with E-state index < -0.39 is 10.1 Å². The van der Waals surface area contributed by atoms with Gasteiger partial charge in [0, 0.05) is 0 Å². The summed E-state index contributed by atoms with van der Waals surface area (Å²) in [7, 11) is -4.06. The Labute approximate surface area is 95.2 Å². The molecule has 0 amide bonds. The highest BCUT2D eigenvalue weighted by Crippen LogP contribution is 2.49. The van der Waals surface area contributed by atoms with E-state index in [4.69, 9.17) is 0 Å². The van der Waals surface area contributed by atoms with Gasteiger partial charge in [0.25, 0.3) is 10.1 Å². The maximum atomic E-state index is 11.3. The number of rotatable bonds is 1. The topological polar surface area (TPSA) is 54.4 Å². The van der Waals surface area contributed by atoms with Crippen molar-refractivity contribution in [2.75, 3.05) is 0 Å². The second kappa shape index (κ2) is 2.87. The third kappa shape index (κ3) is 1.14. The molecule has 0 saturated heterocycles. The molecule has 1 aromatic carbocycles. The fourth-order valence-corrected chi connectivity index (χ4v) is 3.83. The van der Waals surface area contributed by atoms with E-state index in [1.807, 2.05) is 0 Å². The average Bonchev–Trinajstić information content (AvgIpc) is 2.13. The van der Waals surface area contributed by atoms with Crippen LogP contribution in [0.25, 0.3) is 0 Å². The van der Waals surface area contributed by atoms with Crippen LogP contribution < -0.4 is 0 Å². The largest absolute Gasteiger partial charge is 0.294 e. The van der Waals surface area contributed by atoms with Crippen molar-refractivity contribution >= 4 is 10.1 Å². The minimum atomic E-state index is -4.06. The second-order valence-electron chi connectivity index (χ2n) is 5.02. The van der Waals surface area contributed by atoms with Crippen LogP contribution in [0, 0.1) is 0 Å². The minimum Gasteiger partial charge on any atom is -0.282 e. The third-order valence-corrected chi connectivity index (χ3v) is 4.83. The summed E-state index contributed by atoms with van der Waals surface area (Å²) < 4.78 is 31.8. The quantitative estimate of drug-likeness (QED) is 0.763. The molecule has 2 aliphatic carbocycles. The summed E-state index contributed by atoms with van der Waals surface area (Å²) in [4.78, 5) is 0.144. The average molecular weight is 238 g/mol. The molecule has 2 unspecified atom stereocenters. The van der Waals surface area contributed by atoms with Crippen LogP contribution in [0.5, 0.6) is 0 Å². The molecule has 1 N–H and O–H groups in total. The molecule has 86 valence electrons. The lowest BCUT2D eigenvalue weighted by Gasteiger charge is -2.39. The molecule has 0 fully saturated rings. The molecule has 16 heavy (non-hydrogen) atoms. The van der Waals surface area contributed by atoms with Crippen LogP contribution in [-0.4, -0.2) is 13.0 Å². The van der Waals surface area contributed by atoms with Gasteiger partial charge in [-0.15, -0.1) is 0 Å². The van der Waals surface area contributed by atoms with Gasteiger partial charge in [-0.1, -0.05) is 13.8 Å². The first-order valence-corrected chi connectivity index (χ1v) is 6.99. The first kappa shape index (κ1) is 10.3. The molecule has 0 saturated carbocycles. The first-order valence-electron chi connectivity index (χ1n) is 5.55.